The molecular weight excluding hydrogens is 310 g/mol. The van der Waals surface area contributed by atoms with Gasteiger partial charge in [0.1, 0.15) is 0 Å². The summed E-state index contributed by atoms with van der Waals surface area (Å²) in [5, 5.41) is 11.7. The number of amides is 1. The molecule has 2 N–H and O–H groups in total. The van der Waals surface area contributed by atoms with Gasteiger partial charge in [-0.25, -0.2) is 0 Å². The van der Waals surface area contributed by atoms with Crippen LogP contribution in [0.4, 0.5) is 0 Å². The lowest BCUT2D eigenvalue weighted by Gasteiger charge is -2.14. The van der Waals surface area contributed by atoms with Gasteiger partial charge in [0.25, 0.3) is 5.91 Å². The van der Waals surface area contributed by atoms with E-state index in [1.54, 1.807) is 6.07 Å². The number of allylic oxidation sites excluding steroid dienone is 1. The van der Waals surface area contributed by atoms with Crippen LogP contribution in [0.1, 0.15) is 32.3 Å². The summed E-state index contributed by atoms with van der Waals surface area (Å²) in [5.74, 6) is -0.845. The summed E-state index contributed by atoms with van der Waals surface area (Å²) < 4.78 is 10.7. The molecule has 0 saturated heterocycles. The lowest BCUT2D eigenvalue weighted by Crippen LogP contribution is -2.35. The molecule has 1 atom stereocenters. The van der Waals surface area contributed by atoms with Crippen molar-refractivity contribution in [3.05, 3.63) is 29.8 Å². The summed E-state index contributed by atoms with van der Waals surface area (Å²) in [5.41, 5.74) is 0.968. The Kier molecular flexibility index (Phi) is 8.39. The molecule has 0 fully saturated rings. The molecule has 0 aromatic heterocycles. The predicted octanol–water partition coefficient (Wildman–Crippen LogP) is 2.72. The molecule has 1 rings (SSSR count). The minimum atomic E-state index is -0.903. The maximum Gasteiger partial charge on any atom is 0.308 e. The zero-order chi connectivity index (χ0) is 17.9. The molecule has 6 heteroatoms. The number of carboxylic acids is 1. The topological polar surface area (TPSA) is 84.9 Å². The fourth-order valence-electron chi connectivity index (χ4n) is 2.19. The molecule has 0 saturated carbocycles. The lowest BCUT2D eigenvalue weighted by atomic mass is 10.0. The maximum atomic E-state index is 11.8. The van der Waals surface area contributed by atoms with E-state index in [9.17, 15) is 9.59 Å². The molecule has 0 bridgehead atoms. The van der Waals surface area contributed by atoms with Gasteiger partial charge < -0.3 is 19.9 Å². The number of carboxylic acid groups (broad SMARTS) is 1. The SMILES string of the molecule is C/C=C/c1ccc(OCC(=O)NCC(CCC)C(=O)O)c(OC)c1. The van der Waals surface area contributed by atoms with E-state index in [1.165, 1.54) is 7.11 Å². The van der Waals surface area contributed by atoms with Crippen LogP contribution >= 0.6 is 0 Å². The average molecular weight is 335 g/mol. The van der Waals surface area contributed by atoms with Crippen molar-refractivity contribution in [1.82, 2.24) is 5.32 Å². The molecule has 1 aromatic carbocycles. The van der Waals surface area contributed by atoms with Crippen LogP contribution in [0.5, 0.6) is 11.5 Å². The third-order valence-corrected chi connectivity index (χ3v) is 3.44. The molecule has 0 aliphatic carbocycles. The third kappa shape index (κ3) is 6.32. The summed E-state index contributed by atoms with van der Waals surface area (Å²) in [7, 11) is 1.53. The molecule has 0 heterocycles. The molecule has 0 radical (unpaired) electrons. The van der Waals surface area contributed by atoms with E-state index in [2.05, 4.69) is 5.32 Å². The largest absolute Gasteiger partial charge is 0.493 e. The monoisotopic (exact) mass is 335 g/mol. The average Bonchev–Trinajstić information content (AvgIpc) is 2.57. The smallest absolute Gasteiger partial charge is 0.308 e. The van der Waals surface area contributed by atoms with Gasteiger partial charge in [-0.05, 0) is 31.0 Å². The number of hydrogen-bond donors (Lipinski definition) is 2. The number of benzene rings is 1. The number of aliphatic carboxylic acids is 1. The van der Waals surface area contributed by atoms with Crippen molar-refractivity contribution in [2.75, 3.05) is 20.3 Å². The van der Waals surface area contributed by atoms with Crippen LogP contribution in [0.25, 0.3) is 6.08 Å². The van der Waals surface area contributed by atoms with E-state index in [0.717, 1.165) is 12.0 Å². The van der Waals surface area contributed by atoms with Crippen LogP contribution in [0.3, 0.4) is 0 Å². The molecule has 0 aliphatic rings. The van der Waals surface area contributed by atoms with Crippen LogP contribution in [0.15, 0.2) is 24.3 Å². The van der Waals surface area contributed by atoms with Gasteiger partial charge in [0.2, 0.25) is 0 Å². The fourth-order valence-corrected chi connectivity index (χ4v) is 2.19. The lowest BCUT2D eigenvalue weighted by molar-refractivity contribution is -0.142. The van der Waals surface area contributed by atoms with Crippen molar-refractivity contribution in [2.24, 2.45) is 5.92 Å². The second kappa shape index (κ2) is 10.3. The van der Waals surface area contributed by atoms with Crippen LogP contribution in [0, 0.1) is 5.92 Å². The molecule has 1 aromatic rings. The zero-order valence-electron chi connectivity index (χ0n) is 14.4. The molecule has 0 spiro atoms. The first-order valence-electron chi connectivity index (χ1n) is 7.94. The Morgan fingerprint density at radius 3 is 2.67 bits per heavy atom. The van der Waals surface area contributed by atoms with Crippen molar-refractivity contribution in [3.8, 4) is 11.5 Å². The summed E-state index contributed by atoms with van der Waals surface area (Å²) in [4.78, 5) is 22.9. The highest BCUT2D eigenvalue weighted by molar-refractivity contribution is 5.78. The minimum absolute atomic E-state index is 0.0999. The number of carbonyl (C=O) groups is 2. The van der Waals surface area contributed by atoms with Gasteiger partial charge >= 0.3 is 5.97 Å². The second-order valence-corrected chi connectivity index (χ2v) is 5.33. The Balaban J connectivity index is 2.56. The van der Waals surface area contributed by atoms with E-state index in [-0.39, 0.29) is 19.1 Å². The van der Waals surface area contributed by atoms with Gasteiger partial charge in [-0.1, -0.05) is 31.6 Å². The number of methoxy groups -OCH3 is 1. The number of nitrogens with one attached hydrogen (secondary N) is 1. The highest BCUT2D eigenvalue weighted by Crippen LogP contribution is 2.28. The first-order chi connectivity index (χ1) is 11.5. The molecule has 1 amide bonds. The number of rotatable bonds is 10. The van der Waals surface area contributed by atoms with Gasteiger partial charge in [0.15, 0.2) is 18.1 Å². The Morgan fingerprint density at radius 2 is 2.08 bits per heavy atom. The Labute approximate surface area is 142 Å². The van der Waals surface area contributed by atoms with Crippen LogP contribution in [-0.2, 0) is 9.59 Å². The summed E-state index contributed by atoms with van der Waals surface area (Å²) in [6.07, 6.45) is 5.12. The number of hydrogen-bond acceptors (Lipinski definition) is 4. The molecule has 24 heavy (non-hydrogen) atoms. The van der Waals surface area contributed by atoms with Gasteiger partial charge in [-0.3, -0.25) is 9.59 Å². The van der Waals surface area contributed by atoms with E-state index in [4.69, 9.17) is 14.6 Å². The van der Waals surface area contributed by atoms with Crippen LogP contribution in [0.2, 0.25) is 0 Å². The predicted molar refractivity (Wildman–Crippen MR) is 92.2 cm³/mol. The van der Waals surface area contributed by atoms with Gasteiger partial charge in [-0.15, -0.1) is 0 Å². The highest BCUT2D eigenvalue weighted by Gasteiger charge is 2.17. The fraction of sp³-hybridized carbons (Fsp3) is 0.444. The Hall–Kier alpha value is -2.50. The number of carbonyl (C=O) groups excluding carboxylic acids is 1. The standard InChI is InChI=1S/C18H25NO5/c1-4-6-13-8-9-15(16(10-13)23-3)24-12-17(20)19-11-14(7-5-2)18(21)22/h4,6,8-10,14H,5,7,11-12H2,1-3H3,(H,19,20)(H,21,22)/b6-4+. The summed E-state index contributed by atoms with van der Waals surface area (Å²) in [6, 6.07) is 5.41. The molecule has 1 unspecified atom stereocenters. The second-order valence-electron chi connectivity index (χ2n) is 5.33. The van der Waals surface area contributed by atoms with Crippen LogP contribution < -0.4 is 14.8 Å². The Morgan fingerprint density at radius 1 is 1.33 bits per heavy atom. The molecule has 0 aliphatic heterocycles. The quantitative estimate of drug-likeness (QED) is 0.687. The van der Waals surface area contributed by atoms with Gasteiger partial charge in [0.05, 0.1) is 13.0 Å². The molecule has 132 valence electrons. The summed E-state index contributed by atoms with van der Waals surface area (Å²) in [6.45, 7) is 3.73. The Bertz CT molecular complexity index is 583. The normalized spacial score (nSPS) is 12.0. The van der Waals surface area contributed by atoms with Crippen molar-refractivity contribution in [2.45, 2.75) is 26.7 Å². The van der Waals surface area contributed by atoms with E-state index in [0.29, 0.717) is 17.9 Å². The van der Waals surface area contributed by atoms with E-state index in [1.807, 2.05) is 38.1 Å². The molecule has 6 nitrogen and oxygen atoms in total. The summed E-state index contributed by atoms with van der Waals surface area (Å²) >= 11 is 0. The highest BCUT2D eigenvalue weighted by atomic mass is 16.5. The van der Waals surface area contributed by atoms with Crippen molar-refractivity contribution in [3.63, 3.8) is 0 Å². The van der Waals surface area contributed by atoms with Crippen LogP contribution in [-0.4, -0.2) is 37.2 Å². The van der Waals surface area contributed by atoms with Crippen molar-refractivity contribution < 1.29 is 24.2 Å². The molecular formula is C18H25NO5. The van der Waals surface area contributed by atoms with Gasteiger partial charge in [0, 0.05) is 6.54 Å². The number of ether oxygens (including phenoxy) is 2. The minimum Gasteiger partial charge on any atom is -0.493 e. The van der Waals surface area contributed by atoms with E-state index < -0.39 is 11.9 Å². The first kappa shape index (κ1) is 19.5. The first-order valence-corrected chi connectivity index (χ1v) is 7.94. The van der Waals surface area contributed by atoms with Gasteiger partial charge in [-0.2, -0.15) is 0 Å². The zero-order valence-corrected chi connectivity index (χ0v) is 14.4. The van der Waals surface area contributed by atoms with Crippen molar-refractivity contribution in [1.29, 1.82) is 0 Å². The third-order valence-electron chi connectivity index (χ3n) is 3.44. The van der Waals surface area contributed by atoms with Crippen molar-refractivity contribution >= 4 is 18.0 Å². The van der Waals surface area contributed by atoms with E-state index >= 15 is 0 Å². The maximum absolute atomic E-state index is 11.8.